The first-order valence-corrected chi connectivity index (χ1v) is 8.71. The van der Waals surface area contributed by atoms with E-state index in [1.54, 1.807) is 6.07 Å². The Kier molecular flexibility index (Phi) is 4.70. The third-order valence-electron chi connectivity index (χ3n) is 4.07. The van der Waals surface area contributed by atoms with Gasteiger partial charge in [0.1, 0.15) is 0 Å². The number of sulfonamides is 1. The molecule has 112 valence electrons. The zero-order valence-corrected chi connectivity index (χ0v) is 13.3. The molecule has 5 heteroatoms. The second-order valence-corrected chi connectivity index (χ2v) is 7.62. The molecule has 0 aromatic heterocycles. The van der Waals surface area contributed by atoms with Crippen LogP contribution in [0.1, 0.15) is 38.2 Å². The van der Waals surface area contributed by atoms with Crippen LogP contribution in [0, 0.1) is 12.8 Å². The van der Waals surface area contributed by atoms with Crippen molar-refractivity contribution in [1.29, 1.82) is 0 Å². The minimum atomic E-state index is -3.39. The molecule has 1 aliphatic rings. The molecular formula is C15H24N2O2S. The fraction of sp³-hybridized carbons (Fsp3) is 0.600. The molecule has 1 aliphatic carbocycles. The van der Waals surface area contributed by atoms with Crippen molar-refractivity contribution in [2.45, 2.75) is 50.5 Å². The summed E-state index contributed by atoms with van der Waals surface area (Å²) < 4.78 is 26.3. The van der Waals surface area contributed by atoms with Crippen LogP contribution in [0.2, 0.25) is 0 Å². The Balaban J connectivity index is 2.10. The number of aryl methyl sites for hydroxylation is 1. The van der Waals surface area contributed by atoms with E-state index in [0.717, 1.165) is 23.6 Å². The summed E-state index contributed by atoms with van der Waals surface area (Å²) in [5.41, 5.74) is 1.63. The number of hydrogen-bond acceptors (Lipinski definition) is 3. The van der Waals surface area contributed by atoms with Crippen molar-refractivity contribution >= 4 is 15.7 Å². The lowest BCUT2D eigenvalue weighted by Crippen LogP contribution is -2.24. The molecule has 1 aromatic rings. The molecule has 4 nitrogen and oxygen atoms in total. The molecule has 1 atom stereocenters. The van der Waals surface area contributed by atoms with Gasteiger partial charge in [0.25, 0.3) is 0 Å². The molecule has 1 saturated carbocycles. The summed E-state index contributed by atoms with van der Waals surface area (Å²) in [4.78, 5) is 0.348. The van der Waals surface area contributed by atoms with Crippen LogP contribution in [0.4, 0.5) is 5.69 Å². The molecule has 2 N–H and O–H groups in total. The van der Waals surface area contributed by atoms with Crippen molar-refractivity contribution in [2.75, 3.05) is 12.4 Å². The molecule has 20 heavy (non-hydrogen) atoms. The van der Waals surface area contributed by atoms with Crippen LogP contribution in [0.25, 0.3) is 0 Å². The van der Waals surface area contributed by atoms with Crippen molar-refractivity contribution in [3.8, 4) is 0 Å². The van der Waals surface area contributed by atoms with Gasteiger partial charge in [-0.1, -0.05) is 25.3 Å². The maximum absolute atomic E-state index is 12.0. The molecular weight excluding hydrogens is 272 g/mol. The first-order chi connectivity index (χ1) is 9.42. The van der Waals surface area contributed by atoms with Crippen LogP contribution in [0.3, 0.4) is 0 Å². The maximum atomic E-state index is 12.0. The zero-order chi connectivity index (χ0) is 14.8. The molecule has 2 rings (SSSR count). The molecule has 0 bridgehead atoms. The number of rotatable bonds is 6. The van der Waals surface area contributed by atoms with Gasteiger partial charge < -0.3 is 5.32 Å². The van der Waals surface area contributed by atoms with Gasteiger partial charge in [0.15, 0.2) is 0 Å². The van der Waals surface area contributed by atoms with E-state index >= 15 is 0 Å². The van der Waals surface area contributed by atoms with Crippen LogP contribution in [-0.2, 0) is 10.0 Å². The Morgan fingerprint density at radius 3 is 2.60 bits per heavy atom. The molecule has 0 spiro atoms. The highest BCUT2D eigenvalue weighted by atomic mass is 32.2. The normalized spacial score (nSPS) is 17.6. The first-order valence-electron chi connectivity index (χ1n) is 7.23. The highest BCUT2D eigenvalue weighted by Crippen LogP contribution is 2.31. The minimum absolute atomic E-state index is 0.348. The highest BCUT2D eigenvalue weighted by Gasteiger charge is 2.20. The van der Waals surface area contributed by atoms with Gasteiger partial charge in [0, 0.05) is 11.7 Å². The third-order valence-corrected chi connectivity index (χ3v) is 5.63. The van der Waals surface area contributed by atoms with E-state index in [1.165, 1.54) is 26.3 Å². The Morgan fingerprint density at radius 1 is 1.35 bits per heavy atom. The van der Waals surface area contributed by atoms with Gasteiger partial charge in [-0.2, -0.15) is 0 Å². The molecule has 1 fully saturated rings. The molecule has 1 aromatic carbocycles. The monoisotopic (exact) mass is 296 g/mol. The predicted molar refractivity (Wildman–Crippen MR) is 82.5 cm³/mol. The lowest BCUT2D eigenvalue weighted by Gasteiger charge is -2.29. The SMILES string of the molecule is CNS(=O)(=O)c1cc(NC(C)CC2CCC2)ccc1C. The van der Waals surface area contributed by atoms with E-state index in [0.29, 0.717) is 10.9 Å². The summed E-state index contributed by atoms with van der Waals surface area (Å²) in [6.07, 6.45) is 5.17. The van der Waals surface area contributed by atoms with Crippen LogP contribution >= 0.6 is 0 Å². The smallest absolute Gasteiger partial charge is 0.240 e. The number of hydrogen-bond donors (Lipinski definition) is 2. The Morgan fingerprint density at radius 2 is 2.05 bits per heavy atom. The van der Waals surface area contributed by atoms with Gasteiger partial charge in [-0.15, -0.1) is 0 Å². The van der Waals surface area contributed by atoms with Crippen molar-refractivity contribution < 1.29 is 8.42 Å². The topological polar surface area (TPSA) is 58.2 Å². The van der Waals surface area contributed by atoms with Crippen molar-refractivity contribution in [3.05, 3.63) is 23.8 Å². The second kappa shape index (κ2) is 6.14. The van der Waals surface area contributed by atoms with E-state index in [4.69, 9.17) is 0 Å². The number of benzene rings is 1. The predicted octanol–water partition coefficient (Wildman–Crippen LogP) is 2.89. The average molecular weight is 296 g/mol. The van der Waals surface area contributed by atoms with Crippen LogP contribution in [-0.4, -0.2) is 21.5 Å². The summed E-state index contributed by atoms with van der Waals surface area (Å²) in [6.45, 7) is 3.97. The zero-order valence-electron chi connectivity index (χ0n) is 12.4. The Bertz CT molecular complexity index is 565. The maximum Gasteiger partial charge on any atom is 0.240 e. The van der Waals surface area contributed by atoms with Gasteiger partial charge in [0.05, 0.1) is 4.90 Å². The standard InChI is InChI=1S/C15H24N2O2S/c1-11-7-8-14(10-15(11)20(18,19)16-3)17-12(2)9-13-5-4-6-13/h7-8,10,12-13,16-17H,4-6,9H2,1-3H3. The summed E-state index contributed by atoms with van der Waals surface area (Å²) in [5, 5.41) is 3.41. The van der Waals surface area contributed by atoms with Crippen molar-refractivity contribution in [3.63, 3.8) is 0 Å². The average Bonchev–Trinajstić information content (AvgIpc) is 2.36. The van der Waals surface area contributed by atoms with E-state index in [2.05, 4.69) is 17.0 Å². The van der Waals surface area contributed by atoms with Crippen LogP contribution < -0.4 is 10.0 Å². The number of anilines is 1. The molecule has 0 aliphatic heterocycles. The van der Waals surface area contributed by atoms with Gasteiger partial charge >= 0.3 is 0 Å². The summed E-state index contributed by atoms with van der Waals surface area (Å²) in [5.74, 6) is 0.837. The molecule has 1 unspecified atom stereocenters. The van der Waals surface area contributed by atoms with Gasteiger partial charge in [-0.3, -0.25) is 0 Å². The van der Waals surface area contributed by atoms with E-state index in [9.17, 15) is 8.42 Å². The fourth-order valence-corrected chi connectivity index (χ4v) is 3.66. The lowest BCUT2D eigenvalue weighted by molar-refractivity contribution is 0.286. The molecule has 0 saturated heterocycles. The largest absolute Gasteiger partial charge is 0.383 e. The summed E-state index contributed by atoms with van der Waals surface area (Å²) >= 11 is 0. The lowest BCUT2D eigenvalue weighted by atomic mass is 9.81. The minimum Gasteiger partial charge on any atom is -0.383 e. The fourth-order valence-electron chi connectivity index (χ4n) is 2.66. The van der Waals surface area contributed by atoms with Crippen LogP contribution in [0.15, 0.2) is 23.1 Å². The summed E-state index contributed by atoms with van der Waals surface area (Å²) in [6, 6.07) is 5.88. The highest BCUT2D eigenvalue weighted by molar-refractivity contribution is 7.89. The Hall–Kier alpha value is -1.07. The van der Waals surface area contributed by atoms with Gasteiger partial charge in [-0.05, 0) is 50.9 Å². The quantitative estimate of drug-likeness (QED) is 0.848. The second-order valence-electron chi connectivity index (χ2n) is 5.77. The first kappa shape index (κ1) is 15.3. The Labute approximate surface area is 122 Å². The molecule has 0 radical (unpaired) electrons. The van der Waals surface area contributed by atoms with E-state index in [-0.39, 0.29) is 0 Å². The van der Waals surface area contributed by atoms with E-state index < -0.39 is 10.0 Å². The van der Waals surface area contributed by atoms with Crippen molar-refractivity contribution in [1.82, 2.24) is 4.72 Å². The van der Waals surface area contributed by atoms with Gasteiger partial charge in [-0.25, -0.2) is 13.1 Å². The van der Waals surface area contributed by atoms with Crippen LogP contribution in [0.5, 0.6) is 0 Å². The van der Waals surface area contributed by atoms with Gasteiger partial charge in [0.2, 0.25) is 10.0 Å². The molecule has 0 amide bonds. The number of nitrogens with one attached hydrogen (secondary N) is 2. The van der Waals surface area contributed by atoms with E-state index in [1.807, 2.05) is 19.1 Å². The third kappa shape index (κ3) is 3.52. The molecule has 0 heterocycles. The van der Waals surface area contributed by atoms with Crippen molar-refractivity contribution in [2.24, 2.45) is 5.92 Å². The summed E-state index contributed by atoms with van der Waals surface area (Å²) in [7, 11) is -1.96.